The van der Waals surface area contributed by atoms with Crippen LogP contribution in [0.3, 0.4) is 0 Å². The number of hydrogen-bond donors (Lipinski definition) is 2. The predicted molar refractivity (Wildman–Crippen MR) is 132 cm³/mol. The zero-order valence-corrected chi connectivity index (χ0v) is 20.8. The van der Waals surface area contributed by atoms with E-state index in [1.54, 1.807) is 37.3 Å². The van der Waals surface area contributed by atoms with Crippen LogP contribution in [0.4, 0.5) is 4.79 Å². The van der Waals surface area contributed by atoms with Crippen molar-refractivity contribution in [1.82, 2.24) is 15.7 Å². The van der Waals surface area contributed by atoms with E-state index >= 15 is 0 Å². The van der Waals surface area contributed by atoms with Crippen LogP contribution in [-0.4, -0.2) is 46.9 Å². The Morgan fingerprint density at radius 3 is 2.03 bits per heavy atom. The summed E-state index contributed by atoms with van der Waals surface area (Å²) >= 11 is 0. The van der Waals surface area contributed by atoms with Gasteiger partial charge in [-0.15, -0.1) is 5.06 Å². The van der Waals surface area contributed by atoms with Crippen molar-refractivity contribution in [1.29, 1.82) is 0 Å². The molecular weight excluding hydrogens is 478 g/mol. The minimum atomic E-state index is -1.22. The molecule has 3 atom stereocenters. The number of ether oxygens (including phenoxy) is 1. The Morgan fingerprint density at radius 1 is 0.892 bits per heavy atom. The zero-order chi connectivity index (χ0) is 26.8. The summed E-state index contributed by atoms with van der Waals surface area (Å²) in [7, 11) is 0. The number of carbonyl (C=O) groups is 5. The number of benzene rings is 2. The third-order valence-corrected chi connectivity index (χ3v) is 6.05. The number of imide groups is 1. The molecule has 2 aromatic carbocycles. The second kappa shape index (κ2) is 13.2. The maximum atomic E-state index is 13.3. The number of hydrogen-bond acceptors (Lipinski definition) is 7. The van der Waals surface area contributed by atoms with Crippen LogP contribution in [0, 0.1) is 5.92 Å². The molecule has 37 heavy (non-hydrogen) atoms. The Kier molecular flexibility index (Phi) is 9.76. The SMILES string of the molecule is CC[C@H](C)[C@H](NC(=O)OCc1ccccc1)C(=O)N[C@@H](Cc1ccccc1)C(=O)ON1C(=O)CCC1=O. The predicted octanol–water partition coefficient (Wildman–Crippen LogP) is 2.66. The van der Waals surface area contributed by atoms with Crippen molar-refractivity contribution in [2.45, 2.75) is 58.2 Å². The summed E-state index contributed by atoms with van der Waals surface area (Å²) < 4.78 is 5.26. The lowest BCUT2D eigenvalue weighted by molar-refractivity contribution is -0.199. The molecule has 0 aliphatic carbocycles. The summed E-state index contributed by atoms with van der Waals surface area (Å²) in [6, 6.07) is 15.8. The summed E-state index contributed by atoms with van der Waals surface area (Å²) in [6.45, 7) is 3.68. The van der Waals surface area contributed by atoms with Crippen LogP contribution >= 0.6 is 0 Å². The first-order chi connectivity index (χ1) is 17.8. The number of rotatable bonds is 11. The molecule has 1 aliphatic rings. The molecule has 1 heterocycles. The van der Waals surface area contributed by atoms with Crippen LogP contribution in [-0.2, 0) is 41.8 Å². The molecule has 10 heteroatoms. The molecule has 0 spiro atoms. The van der Waals surface area contributed by atoms with E-state index in [9.17, 15) is 24.0 Å². The fourth-order valence-corrected chi connectivity index (χ4v) is 3.71. The summed E-state index contributed by atoms with van der Waals surface area (Å²) in [6.07, 6.45) is -0.269. The number of nitrogens with zero attached hydrogens (tertiary/aromatic N) is 1. The average molecular weight is 510 g/mol. The van der Waals surface area contributed by atoms with Gasteiger partial charge in [0.1, 0.15) is 18.7 Å². The highest BCUT2D eigenvalue weighted by atomic mass is 16.7. The fraction of sp³-hybridized carbons (Fsp3) is 0.370. The second-order valence-electron chi connectivity index (χ2n) is 8.81. The summed E-state index contributed by atoms with van der Waals surface area (Å²) in [5.41, 5.74) is 1.51. The summed E-state index contributed by atoms with van der Waals surface area (Å²) in [4.78, 5) is 67.7. The molecule has 4 amide bonds. The molecule has 0 unspecified atom stereocenters. The quantitative estimate of drug-likeness (QED) is 0.445. The van der Waals surface area contributed by atoms with E-state index in [0.717, 1.165) is 11.1 Å². The van der Waals surface area contributed by atoms with E-state index in [2.05, 4.69) is 10.6 Å². The molecule has 0 saturated carbocycles. The number of amides is 4. The molecule has 10 nitrogen and oxygen atoms in total. The molecular formula is C27H31N3O7. The first-order valence-electron chi connectivity index (χ1n) is 12.2. The topological polar surface area (TPSA) is 131 Å². The molecule has 1 saturated heterocycles. The lowest BCUT2D eigenvalue weighted by atomic mass is 9.97. The van der Waals surface area contributed by atoms with E-state index in [4.69, 9.17) is 9.57 Å². The third-order valence-electron chi connectivity index (χ3n) is 6.05. The Bertz CT molecular complexity index is 1090. The third kappa shape index (κ3) is 7.89. The van der Waals surface area contributed by atoms with Gasteiger partial charge in [-0.3, -0.25) is 14.4 Å². The number of carbonyl (C=O) groups excluding carboxylic acids is 5. The van der Waals surface area contributed by atoms with Crippen LogP contribution in [0.2, 0.25) is 0 Å². The van der Waals surface area contributed by atoms with Gasteiger partial charge in [0.25, 0.3) is 11.8 Å². The first kappa shape index (κ1) is 27.4. The van der Waals surface area contributed by atoms with Crippen LogP contribution in [0.15, 0.2) is 60.7 Å². The van der Waals surface area contributed by atoms with Gasteiger partial charge in [0.15, 0.2) is 0 Å². The average Bonchev–Trinajstić information content (AvgIpc) is 3.22. The van der Waals surface area contributed by atoms with Gasteiger partial charge in [-0.2, -0.15) is 0 Å². The largest absolute Gasteiger partial charge is 0.445 e. The minimum absolute atomic E-state index is 0.0301. The molecule has 0 aromatic heterocycles. The van der Waals surface area contributed by atoms with Crippen LogP contribution in [0.25, 0.3) is 0 Å². The zero-order valence-electron chi connectivity index (χ0n) is 20.8. The van der Waals surface area contributed by atoms with E-state index in [-0.39, 0.29) is 31.8 Å². The molecule has 196 valence electrons. The van der Waals surface area contributed by atoms with Crippen molar-refractivity contribution in [2.24, 2.45) is 5.92 Å². The Balaban J connectivity index is 1.71. The molecule has 1 fully saturated rings. The van der Waals surface area contributed by atoms with Gasteiger partial charge in [-0.05, 0) is 17.0 Å². The van der Waals surface area contributed by atoms with Crippen molar-refractivity contribution in [3.05, 3.63) is 71.8 Å². The molecule has 3 rings (SSSR count). The van der Waals surface area contributed by atoms with Gasteiger partial charge < -0.3 is 20.2 Å². The first-order valence-corrected chi connectivity index (χ1v) is 12.2. The van der Waals surface area contributed by atoms with Crippen molar-refractivity contribution in [3.63, 3.8) is 0 Å². The van der Waals surface area contributed by atoms with Crippen molar-refractivity contribution in [2.75, 3.05) is 0 Å². The highest BCUT2D eigenvalue weighted by Gasteiger charge is 2.36. The van der Waals surface area contributed by atoms with Gasteiger partial charge in [0, 0.05) is 19.3 Å². The van der Waals surface area contributed by atoms with Crippen LogP contribution < -0.4 is 10.6 Å². The van der Waals surface area contributed by atoms with Crippen LogP contribution in [0.1, 0.15) is 44.2 Å². The summed E-state index contributed by atoms with van der Waals surface area (Å²) in [5.74, 6) is -3.12. The van der Waals surface area contributed by atoms with E-state index in [0.29, 0.717) is 11.5 Å². The number of alkyl carbamates (subject to hydrolysis) is 1. The minimum Gasteiger partial charge on any atom is -0.445 e. The molecule has 1 aliphatic heterocycles. The summed E-state index contributed by atoms with van der Waals surface area (Å²) in [5, 5.41) is 5.66. The number of hydroxylamine groups is 2. The van der Waals surface area contributed by atoms with Gasteiger partial charge in [-0.25, -0.2) is 9.59 Å². The van der Waals surface area contributed by atoms with E-state index in [1.807, 2.05) is 37.3 Å². The van der Waals surface area contributed by atoms with E-state index in [1.165, 1.54) is 0 Å². The van der Waals surface area contributed by atoms with Crippen molar-refractivity contribution < 1.29 is 33.5 Å². The molecule has 2 N–H and O–H groups in total. The standard InChI is InChI=1S/C27H31N3O7/c1-3-18(2)24(29-27(35)36-17-20-12-8-5-9-13-20)25(33)28-21(16-19-10-6-4-7-11-19)26(34)37-30-22(31)14-15-23(30)32/h4-13,18,21,24H,3,14-17H2,1-2H3,(H,28,33)(H,29,35)/t18-,21-,24-/m0/s1. The van der Waals surface area contributed by atoms with Gasteiger partial charge in [0.2, 0.25) is 5.91 Å². The Morgan fingerprint density at radius 2 is 1.46 bits per heavy atom. The highest BCUT2D eigenvalue weighted by Crippen LogP contribution is 2.15. The smallest absolute Gasteiger partial charge is 0.408 e. The lowest BCUT2D eigenvalue weighted by Crippen LogP contribution is -2.55. The van der Waals surface area contributed by atoms with Crippen molar-refractivity contribution >= 4 is 29.8 Å². The molecule has 2 aromatic rings. The Hall–Kier alpha value is -4.21. The Labute approximate surface area is 215 Å². The van der Waals surface area contributed by atoms with Gasteiger partial charge in [0.05, 0.1) is 0 Å². The van der Waals surface area contributed by atoms with Gasteiger partial charge in [-0.1, -0.05) is 80.9 Å². The number of nitrogens with one attached hydrogen (secondary N) is 2. The van der Waals surface area contributed by atoms with Crippen LogP contribution in [0.5, 0.6) is 0 Å². The second-order valence-corrected chi connectivity index (χ2v) is 8.81. The fourth-order valence-electron chi connectivity index (χ4n) is 3.71. The lowest BCUT2D eigenvalue weighted by Gasteiger charge is -2.26. The van der Waals surface area contributed by atoms with E-state index < -0.39 is 41.9 Å². The normalized spacial score (nSPS) is 15.5. The maximum absolute atomic E-state index is 13.3. The molecule has 0 radical (unpaired) electrons. The van der Waals surface area contributed by atoms with Gasteiger partial charge >= 0.3 is 12.1 Å². The highest BCUT2D eigenvalue weighted by molar-refractivity contribution is 6.02. The maximum Gasteiger partial charge on any atom is 0.408 e. The monoisotopic (exact) mass is 509 g/mol. The molecule has 0 bridgehead atoms. The van der Waals surface area contributed by atoms with Crippen molar-refractivity contribution in [3.8, 4) is 0 Å².